The summed E-state index contributed by atoms with van der Waals surface area (Å²) in [6.07, 6.45) is 2.61. The fourth-order valence-electron chi connectivity index (χ4n) is 1.33. The molecule has 0 saturated heterocycles. The van der Waals surface area contributed by atoms with Gasteiger partial charge in [0, 0.05) is 6.61 Å². The predicted octanol–water partition coefficient (Wildman–Crippen LogP) is 1.42. The molecule has 0 bridgehead atoms. The Balaban J connectivity index is 3.80. The van der Waals surface area contributed by atoms with E-state index in [0.29, 0.717) is 6.61 Å². The van der Waals surface area contributed by atoms with Crippen LogP contribution in [0.4, 0.5) is 0 Å². The maximum absolute atomic E-state index is 11.6. The van der Waals surface area contributed by atoms with Crippen LogP contribution in [0.25, 0.3) is 0 Å². The van der Waals surface area contributed by atoms with Gasteiger partial charge in [-0.05, 0) is 44.2 Å². The van der Waals surface area contributed by atoms with E-state index in [1.165, 1.54) is 0 Å². The molecule has 0 aliphatic carbocycles. The molecule has 0 aromatic heterocycles. The van der Waals surface area contributed by atoms with E-state index in [4.69, 9.17) is 9.84 Å². The van der Waals surface area contributed by atoms with Crippen LogP contribution < -0.4 is 5.32 Å². The molecule has 0 aromatic rings. The highest BCUT2D eigenvalue weighted by molar-refractivity contribution is 7.99. The fourth-order valence-corrected chi connectivity index (χ4v) is 2.27. The number of ether oxygens (including phenoxy) is 1. The van der Waals surface area contributed by atoms with Crippen molar-refractivity contribution in [2.75, 3.05) is 31.3 Å². The van der Waals surface area contributed by atoms with Crippen LogP contribution in [0.1, 0.15) is 33.1 Å². The standard InChI is InChI=1S/C12H25NO3S/c1-3-7-13-11(12(15)16-4-2)6-10-17-9-5-8-14/h11,13-14H,3-10H2,1-2H3. The minimum absolute atomic E-state index is 0.149. The molecule has 0 radical (unpaired) electrons. The molecule has 2 N–H and O–H groups in total. The summed E-state index contributed by atoms with van der Waals surface area (Å²) in [7, 11) is 0. The first-order chi connectivity index (χ1) is 8.26. The first kappa shape index (κ1) is 16.7. The van der Waals surface area contributed by atoms with E-state index < -0.39 is 0 Å². The number of carbonyl (C=O) groups excluding carboxylic acids is 1. The van der Waals surface area contributed by atoms with E-state index in [-0.39, 0.29) is 18.6 Å². The molecular weight excluding hydrogens is 238 g/mol. The monoisotopic (exact) mass is 263 g/mol. The Morgan fingerprint density at radius 1 is 1.41 bits per heavy atom. The van der Waals surface area contributed by atoms with Gasteiger partial charge in [0.2, 0.25) is 0 Å². The second kappa shape index (κ2) is 12.2. The van der Waals surface area contributed by atoms with Gasteiger partial charge >= 0.3 is 5.97 Å². The van der Waals surface area contributed by atoms with E-state index in [1.54, 1.807) is 11.8 Å². The van der Waals surface area contributed by atoms with Crippen LogP contribution in [0.5, 0.6) is 0 Å². The lowest BCUT2D eigenvalue weighted by Gasteiger charge is -2.16. The van der Waals surface area contributed by atoms with Crippen molar-refractivity contribution in [2.45, 2.75) is 39.2 Å². The van der Waals surface area contributed by atoms with Gasteiger partial charge in [-0.1, -0.05) is 6.92 Å². The zero-order valence-electron chi connectivity index (χ0n) is 10.9. The number of carbonyl (C=O) groups is 1. The van der Waals surface area contributed by atoms with Gasteiger partial charge < -0.3 is 15.2 Å². The lowest BCUT2D eigenvalue weighted by atomic mass is 10.2. The van der Waals surface area contributed by atoms with Crippen molar-refractivity contribution in [3.8, 4) is 0 Å². The molecular formula is C12H25NO3S. The maximum Gasteiger partial charge on any atom is 0.323 e. The molecule has 0 amide bonds. The molecule has 4 nitrogen and oxygen atoms in total. The molecule has 0 spiro atoms. The zero-order valence-corrected chi connectivity index (χ0v) is 11.7. The molecule has 0 aromatic carbocycles. The molecule has 0 aliphatic heterocycles. The summed E-state index contributed by atoms with van der Waals surface area (Å²) in [5, 5.41) is 11.9. The first-order valence-corrected chi connectivity index (χ1v) is 7.50. The highest BCUT2D eigenvalue weighted by Crippen LogP contribution is 2.07. The Kier molecular flexibility index (Phi) is 12.0. The van der Waals surface area contributed by atoms with E-state index in [9.17, 15) is 4.79 Å². The summed E-state index contributed by atoms with van der Waals surface area (Å²) in [6.45, 7) is 5.41. The normalized spacial score (nSPS) is 12.4. The van der Waals surface area contributed by atoms with Crippen LogP contribution >= 0.6 is 11.8 Å². The summed E-state index contributed by atoms with van der Waals surface area (Å²) in [5.41, 5.74) is 0. The molecule has 1 atom stereocenters. The van der Waals surface area contributed by atoms with Gasteiger partial charge in [0.25, 0.3) is 0 Å². The topological polar surface area (TPSA) is 58.6 Å². The molecule has 0 heterocycles. The van der Waals surface area contributed by atoms with Crippen LogP contribution in [-0.2, 0) is 9.53 Å². The molecule has 102 valence electrons. The van der Waals surface area contributed by atoms with Crippen LogP contribution in [-0.4, -0.2) is 48.4 Å². The van der Waals surface area contributed by atoms with E-state index in [1.807, 2.05) is 6.92 Å². The Hall–Kier alpha value is -0.260. The number of thioether (sulfide) groups is 1. The van der Waals surface area contributed by atoms with Crippen molar-refractivity contribution in [1.82, 2.24) is 5.32 Å². The maximum atomic E-state index is 11.6. The fraction of sp³-hybridized carbons (Fsp3) is 0.917. The van der Waals surface area contributed by atoms with Crippen molar-refractivity contribution in [3.05, 3.63) is 0 Å². The quantitative estimate of drug-likeness (QED) is 0.436. The third-order valence-corrected chi connectivity index (χ3v) is 3.31. The SMILES string of the molecule is CCCNC(CCSCCCO)C(=O)OCC. The van der Waals surface area contributed by atoms with E-state index in [2.05, 4.69) is 12.2 Å². The van der Waals surface area contributed by atoms with Crippen LogP contribution in [0.2, 0.25) is 0 Å². The van der Waals surface area contributed by atoms with Crippen molar-refractivity contribution < 1.29 is 14.6 Å². The van der Waals surface area contributed by atoms with Gasteiger partial charge in [0.15, 0.2) is 0 Å². The van der Waals surface area contributed by atoms with Crippen molar-refractivity contribution in [3.63, 3.8) is 0 Å². The number of nitrogens with one attached hydrogen (secondary N) is 1. The average Bonchev–Trinajstić information content (AvgIpc) is 2.33. The second-order valence-corrected chi connectivity index (χ2v) is 4.96. The van der Waals surface area contributed by atoms with Crippen molar-refractivity contribution in [2.24, 2.45) is 0 Å². The Labute approximate surface area is 108 Å². The van der Waals surface area contributed by atoms with Gasteiger partial charge in [0.1, 0.15) is 6.04 Å². The molecule has 0 aliphatic rings. The minimum Gasteiger partial charge on any atom is -0.465 e. The average molecular weight is 263 g/mol. The number of rotatable bonds is 11. The summed E-state index contributed by atoms with van der Waals surface area (Å²) in [6, 6.07) is -0.184. The van der Waals surface area contributed by atoms with Crippen LogP contribution in [0.3, 0.4) is 0 Å². The lowest BCUT2D eigenvalue weighted by Crippen LogP contribution is -2.39. The minimum atomic E-state index is -0.184. The van der Waals surface area contributed by atoms with Gasteiger partial charge in [-0.2, -0.15) is 11.8 Å². The Bertz CT molecular complexity index is 191. The Morgan fingerprint density at radius 2 is 2.18 bits per heavy atom. The predicted molar refractivity (Wildman–Crippen MR) is 72.4 cm³/mol. The largest absolute Gasteiger partial charge is 0.465 e. The van der Waals surface area contributed by atoms with Gasteiger partial charge in [-0.25, -0.2) is 0 Å². The summed E-state index contributed by atoms with van der Waals surface area (Å²) >= 11 is 1.77. The third kappa shape index (κ3) is 9.44. The number of aliphatic hydroxyl groups is 1. The number of aliphatic hydroxyl groups excluding tert-OH is 1. The second-order valence-electron chi connectivity index (χ2n) is 3.74. The number of hydrogen-bond acceptors (Lipinski definition) is 5. The first-order valence-electron chi connectivity index (χ1n) is 6.34. The van der Waals surface area contributed by atoms with E-state index in [0.717, 1.165) is 37.3 Å². The smallest absolute Gasteiger partial charge is 0.323 e. The lowest BCUT2D eigenvalue weighted by molar-refractivity contribution is -0.145. The summed E-state index contributed by atoms with van der Waals surface area (Å²) in [4.78, 5) is 11.6. The molecule has 1 unspecified atom stereocenters. The van der Waals surface area contributed by atoms with Crippen molar-refractivity contribution >= 4 is 17.7 Å². The van der Waals surface area contributed by atoms with Gasteiger partial charge in [-0.3, -0.25) is 4.79 Å². The highest BCUT2D eigenvalue weighted by Gasteiger charge is 2.17. The van der Waals surface area contributed by atoms with Crippen LogP contribution in [0, 0.1) is 0 Å². The molecule has 0 rings (SSSR count). The zero-order chi connectivity index (χ0) is 12.9. The van der Waals surface area contributed by atoms with E-state index >= 15 is 0 Å². The van der Waals surface area contributed by atoms with Gasteiger partial charge in [-0.15, -0.1) is 0 Å². The highest BCUT2D eigenvalue weighted by atomic mass is 32.2. The molecule has 0 fully saturated rings. The summed E-state index contributed by atoms with van der Waals surface area (Å²) in [5.74, 6) is 1.71. The third-order valence-electron chi connectivity index (χ3n) is 2.21. The van der Waals surface area contributed by atoms with Crippen molar-refractivity contribution in [1.29, 1.82) is 0 Å². The molecule has 17 heavy (non-hydrogen) atoms. The molecule has 5 heteroatoms. The number of esters is 1. The van der Waals surface area contributed by atoms with Gasteiger partial charge in [0.05, 0.1) is 6.61 Å². The summed E-state index contributed by atoms with van der Waals surface area (Å²) < 4.78 is 5.03. The Morgan fingerprint density at radius 3 is 2.76 bits per heavy atom. The molecule has 0 saturated carbocycles. The number of hydrogen-bond donors (Lipinski definition) is 2. The van der Waals surface area contributed by atoms with Crippen LogP contribution in [0.15, 0.2) is 0 Å².